The third-order valence-corrected chi connectivity index (χ3v) is 6.93. The van der Waals surface area contributed by atoms with Crippen molar-refractivity contribution in [3.63, 3.8) is 0 Å². The lowest BCUT2D eigenvalue weighted by molar-refractivity contribution is 0.102. The van der Waals surface area contributed by atoms with Gasteiger partial charge < -0.3 is 0 Å². The minimum absolute atomic E-state index is 0.0269. The van der Waals surface area contributed by atoms with Crippen molar-refractivity contribution in [1.29, 1.82) is 0 Å². The van der Waals surface area contributed by atoms with Gasteiger partial charge in [-0.3, -0.25) is 10.1 Å². The fourth-order valence-electron chi connectivity index (χ4n) is 2.41. The molecule has 1 saturated heterocycles. The number of carbonyl (C=O) groups excluding carboxylic acids is 1. The SMILES string of the molecule is O=C(Nc1ncn[nH]1)c1ccc(S(=O)(=O)N[C@H]2CCS(=O)(=O)C2)cc1. The Kier molecular flexibility index (Phi) is 4.58. The Morgan fingerprint density at radius 2 is 1.96 bits per heavy atom. The molecule has 0 aliphatic carbocycles. The van der Waals surface area contributed by atoms with Crippen molar-refractivity contribution in [2.75, 3.05) is 16.8 Å². The summed E-state index contributed by atoms with van der Waals surface area (Å²) >= 11 is 0. The Morgan fingerprint density at radius 1 is 1.24 bits per heavy atom. The quantitative estimate of drug-likeness (QED) is 0.629. The molecule has 2 aromatic rings. The number of hydrogen-bond acceptors (Lipinski definition) is 7. The summed E-state index contributed by atoms with van der Waals surface area (Å²) in [5.41, 5.74) is 0.235. The van der Waals surface area contributed by atoms with Gasteiger partial charge in [0.25, 0.3) is 5.91 Å². The van der Waals surface area contributed by atoms with Gasteiger partial charge in [-0.2, -0.15) is 10.1 Å². The van der Waals surface area contributed by atoms with Crippen molar-refractivity contribution in [1.82, 2.24) is 19.9 Å². The van der Waals surface area contributed by atoms with E-state index in [4.69, 9.17) is 0 Å². The van der Waals surface area contributed by atoms with Crippen molar-refractivity contribution >= 4 is 31.7 Å². The highest BCUT2D eigenvalue weighted by Gasteiger charge is 2.31. The van der Waals surface area contributed by atoms with Crippen LogP contribution in [-0.4, -0.2) is 55.5 Å². The number of nitrogens with one attached hydrogen (secondary N) is 3. The van der Waals surface area contributed by atoms with Crippen molar-refractivity contribution in [3.05, 3.63) is 36.2 Å². The van der Waals surface area contributed by atoms with Gasteiger partial charge >= 0.3 is 0 Å². The first-order valence-corrected chi connectivity index (χ1v) is 10.6. The maximum atomic E-state index is 12.3. The molecule has 1 amide bonds. The summed E-state index contributed by atoms with van der Waals surface area (Å²) in [4.78, 5) is 15.7. The summed E-state index contributed by atoms with van der Waals surface area (Å²) in [5.74, 6) is -0.536. The van der Waals surface area contributed by atoms with Gasteiger partial charge in [-0.1, -0.05) is 0 Å². The van der Waals surface area contributed by atoms with E-state index >= 15 is 0 Å². The van der Waals surface area contributed by atoms with Crippen LogP contribution in [0.1, 0.15) is 16.8 Å². The van der Waals surface area contributed by atoms with Gasteiger partial charge in [-0.05, 0) is 30.7 Å². The minimum Gasteiger partial charge on any atom is -0.291 e. The van der Waals surface area contributed by atoms with E-state index in [1.807, 2.05) is 0 Å². The highest BCUT2D eigenvalue weighted by atomic mass is 32.2. The highest BCUT2D eigenvalue weighted by Crippen LogP contribution is 2.16. The zero-order chi connectivity index (χ0) is 18.1. The number of benzene rings is 1. The molecule has 1 aliphatic rings. The molecule has 1 aromatic carbocycles. The van der Waals surface area contributed by atoms with Crippen molar-refractivity contribution in [2.24, 2.45) is 0 Å². The smallest absolute Gasteiger partial charge is 0.258 e. The summed E-state index contributed by atoms with van der Waals surface area (Å²) in [5, 5.41) is 8.53. The summed E-state index contributed by atoms with van der Waals surface area (Å²) in [6.07, 6.45) is 1.49. The molecule has 134 valence electrons. The average molecular weight is 385 g/mol. The standard InChI is InChI=1S/C13H15N5O5S2/c19-12(16-13-14-8-15-17-13)9-1-3-11(4-2-9)25(22,23)18-10-5-6-24(20,21)7-10/h1-4,8,10,18H,5-7H2,(H2,14,15,16,17,19)/t10-/m0/s1. The third kappa shape index (κ3) is 4.21. The molecule has 25 heavy (non-hydrogen) atoms. The number of rotatable bonds is 5. The van der Waals surface area contributed by atoms with E-state index < -0.39 is 31.8 Å². The number of anilines is 1. The fraction of sp³-hybridized carbons (Fsp3) is 0.308. The molecule has 0 saturated carbocycles. The Morgan fingerprint density at radius 3 is 2.52 bits per heavy atom. The van der Waals surface area contributed by atoms with Gasteiger partial charge in [-0.15, -0.1) is 0 Å². The fourth-order valence-corrected chi connectivity index (χ4v) is 5.46. The second-order valence-electron chi connectivity index (χ2n) is 5.53. The average Bonchev–Trinajstić information content (AvgIpc) is 3.16. The summed E-state index contributed by atoms with van der Waals surface area (Å²) in [6, 6.07) is 4.63. The van der Waals surface area contributed by atoms with Crippen molar-refractivity contribution in [3.8, 4) is 0 Å². The summed E-state index contributed by atoms with van der Waals surface area (Å²) in [6.45, 7) is 0. The van der Waals surface area contributed by atoms with E-state index in [0.717, 1.165) is 0 Å². The molecule has 12 heteroatoms. The predicted molar refractivity (Wildman–Crippen MR) is 88.2 cm³/mol. The van der Waals surface area contributed by atoms with Crippen molar-refractivity contribution < 1.29 is 21.6 Å². The number of sulfonamides is 1. The molecule has 1 fully saturated rings. The lowest BCUT2D eigenvalue weighted by atomic mass is 10.2. The zero-order valence-electron chi connectivity index (χ0n) is 12.8. The molecular weight excluding hydrogens is 370 g/mol. The van der Waals surface area contributed by atoms with Gasteiger partial charge in [0, 0.05) is 11.6 Å². The second kappa shape index (κ2) is 6.54. The number of H-pyrrole nitrogens is 1. The highest BCUT2D eigenvalue weighted by molar-refractivity contribution is 7.92. The predicted octanol–water partition coefficient (Wildman–Crippen LogP) is -0.478. The summed E-state index contributed by atoms with van der Waals surface area (Å²) in [7, 11) is -7.05. The van der Waals surface area contributed by atoms with Crippen LogP contribution in [0.4, 0.5) is 5.95 Å². The molecule has 0 spiro atoms. The number of nitrogens with zero attached hydrogens (tertiary/aromatic N) is 2. The molecule has 10 nitrogen and oxygen atoms in total. The molecule has 1 atom stereocenters. The van der Waals surface area contributed by atoms with Gasteiger partial charge in [0.05, 0.1) is 16.4 Å². The molecule has 3 N–H and O–H groups in total. The Labute approximate surface area is 144 Å². The van der Waals surface area contributed by atoms with Crippen LogP contribution >= 0.6 is 0 Å². The van der Waals surface area contributed by atoms with Crippen LogP contribution in [0.15, 0.2) is 35.5 Å². The number of carbonyl (C=O) groups is 1. The van der Waals surface area contributed by atoms with Crippen LogP contribution in [-0.2, 0) is 19.9 Å². The van der Waals surface area contributed by atoms with E-state index in [-0.39, 0.29) is 34.3 Å². The van der Waals surface area contributed by atoms with Gasteiger partial charge in [0.2, 0.25) is 16.0 Å². The Balaban J connectivity index is 1.69. The summed E-state index contributed by atoms with van der Waals surface area (Å²) < 4.78 is 49.8. The topological polar surface area (TPSA) is 151 Å². The third-order valence-electron chi connectivity index (χ3n) is 3.63. The largest absolute Gasteiger partial charge is 0.291 e. The van der Waals surface area contributed by atoms with E-state index in [1.165, 1.54) is 30.6 Å². The first-order valence-electron chi connectivity index (χ1n) is 7.25. The van der Waals surface area contributed by atoms with E-state index in [1.54, 1.807) is 0 Å². The maximum Gasteiger partial charge on any atom is 0.258 e. The normalized spacial score (nSPS) is 19.6. The lowest BCUT2D eigenvalue weighted by Crippen LogP contribution is -2.35. The zero-order valence-corrected chi connectivity index (χ0v) is 14.5. The number of aromatic amines is 1. The molecule has 3 rings (SSSR count). The molecule has 0 bridgehead atoms. The molecular formula is C13H15N5O5S2. The monoisotopic (exact) mass is 385 g/mol. The van der Waals surface area contributed by atoms with Crippen LogP contribution < -0.4 is 10.0 Å². The molecule has 2 heterocycles. The number of hydrogen-bond donors (Lipinski definition) is 3. The Bertz CT molecular complexity index is 968. The first kappa shape index (κ1) is 17.5. The number of aromatic nitrogens is 3. The minimum atomic E-state index is -3.86. The maximum absolute atomic E-state index is 12.3. The lowest BCUT2D eigenvalue weighted by Gasteiger charge is -2.12. The van der Waals surface area contributed by atoms with Gasteiger partial charge in [-0.25, -0.2) is 26.7 Å². The van der Waals surface area contributed by atoms with Crippen LogP contribution in [0.5, 0.6) is 0 Å². The first-order chi connectivity index (χ1) is 11.8. The van der Waals surface area contributed by atoms with E-state index in [0.29, 0.717) is 0 Å². The number of sulfone groups is 1. The molecule has 1 aliphatic heterocycles. The van der Waals surface area contributed by atoms with Crippen LogP contribution in [0.3, 0.4) is 0 Å². The van der Waals surface area contributed by atoms with E-state index in [9.17, 15) is 21.6 Å². The second-order valence-corrected chi connectivity index (χ2v) is 9.48. The van der Waals surface area contributed by atoms with Crippen molar-refractivity contribution in [2.45, 2.75) is 17.4 Å². The Hall–Kier alpha value is -2.31. The van der Waals surface area contributed by atoms with Crippen LogP contribution in [0, 0.1) is 0 Å². The molecule has 0 radical (unpaired) electrons. The number of amides is 1. The van der Waals surface area contributed by atoms with Gasteiger partial charge in [0.1, 0.15) is 6.33 Å². The molecule has 0 unspecified atom stereocenters. The van der Waals surface area contributed by atoms with Crippen LogP contribution in [0.25, 0.3) is 0 Å². The molecule has 1 aromatic heterocycles. The van der Waals surface area contributed by atoms with E-state index in [2.05, 4.69) is 25.2 Å². The van der Waals surface area contributed by atoms with Crippen LogP contribution in [0.2, 0.25) is 0 Å². The van der Waals surface area contributed by atoms with Gasteiger partial charge in [0.15, 0.2) is 9.84 Å².